The highest BCUT2D eigenvalue weighted by Gasteiger charge is 2.27. The van der Waals surface area contributed by atoms with Crippen LogP contribution in [0.2, 0.25) is 0 Å². The fraction of sp³-hybridized carbons (Fsp3) is 0.500. The van der Waals surface area contributed by atoms with Crippen molar-refractivity contribution in [1.29, 1.82) is 0 Å². The van der Waals surface area contributed by atoms with Crippen molar-refractivity contribution < 1.29 is 8.42 Å². The molecule has 0 saturated carbocycles. The van der Waals surface area contributed by atoms with Crippen LogP contribution in [0.4, 0.5) is 0 Å². The zero-order chi connectivity index (χ0) is 15.6. The Labute approximate surface area is 131 Å². The number of rotatable bonds is 6. The summed E-state index contributed by atoms with van der Waals surface area (Å²) in [6, 6.07) is 0. The normalized spacial score (nSPS) is 12.2. The van der Waals surface area contributed by atoms with Gasteiger partial charge in [-0.1, -0.05) is 25.2 Å². The Hall–Kier alpha value is -1.03. The van der Waals surface area contributed by atoms with Crippen molar-refractivity contribution in [3.8, 4) is 0 Å². The number of sulfonamides is 1. The van der Waals surface area contributed by atoms with Gasteiger partial charge >= 0.3 is 4.87 Å². The second kappa shape index (κ2) is 6.39. The highest BCUT2D eigenvalue weighted by molar-refractivity contribution is 7.91. The van der Waals surface area contributed by atoms with E-state index in [1.165, 1.54) is 22.7 Å². The van der Waals surface area contributed by atoms with E-state index in [4.69, 9.17) is 0 Å². The average molecular weight is 347 g/mol. The maximum absolute atomic E-state index is 12.6. The number of nitrogens with zero attached hydrogens (tertiary/aromatic N) is 2. The SMILES string of the molecule is CCc1cnc(CN(C)S(=O)(=O)c2sc(=O)[nH]c2CC)s1. The maximum Gasteiger partial charge on any atom is 0.306 e. The third kappa shape index (κ3) is 3.42. The third-order valence-electron chi connectivity index (χ3n) is 2.99. The van der Waals surface area contributed by atoms with Crippen LogP contribution in [-0.4, -0.2) is 29.7 Å². The summed E-state index contributed by atoms with van der Waals surface area (Å²) in [5.41, 5.74) is 0.463. The van der Waals surface area contributed by atoms with Crippen molar-refractivity contribution >= 4 is 32.7 Å². The number of aromatic amines is 1. The molecule has 0 aliphatic rings. The van der Waals surface area contributed by atoms with E-state index in [9.17, 15) is 13.2 Å². The minimum absolute atomic E-state index is 0.102. The van der Waals surface area contributed by atoms with Gasteiger partial charge in [0.05, 0.1) is 6.54 Å². The summed E-state index contributed by atoms with van der Waals surface area (Å²) in [4.78, 5) is 19.0. The molecule has 0 saturated heterocycles. The van der Waals surface area contributed by atoms with Crippen molar-refractivity contribution in [2.24, 2.45) is 0 Å². The minimum Gasteiger partial charge on any atom is -0.315 e. The molecule has 0 atom stereocenters. The topological polar surface area (TPSA) is 83.1 Å². The number of thiazole rings is 2. The van der Waals surface area contributed by atoms with E-state index in [-0.39, 0.29) is 15.6 Å². The molecule has 0 aliphatic heterocycles. The molecule has 0 bridgehead atoms. The van der Waals surface area contributed by atoms with Crippen molar-refractivity contribution in [1.82, 2.24) is 14.3 Å². The van der Waals surface area contributed by atoms with E-state index in [0.29, 0.717) is 12.1 Å². The molecule has 0 fully saturated rings. The van der Waals surface area contributed by atoms with E-state index < -0.39 is 10.0 Å². The zero-order valence-corrected chi connectivity index (χ0v) is 14.5. The molecule has 0 unspecified atom stereocenters. The molecule has 0 aromatic carbocycles. The van der Waals surface area contributed by atoms with Gasteiger partial charge in [-0.2, -0.15) is 4.31 Å². The van der Waals surface area contributed by atoms with Gasteiger partial charge in [-0.05, 0) is 12.8 Å². The van der Waals surface area contributed by atoms with E-state index in [1.807, 2.05) is 13.8 Å². The number of aryl methyl sites for hydroxylation is 2. The predicted octanol–water partition coefficient (Wildman–Crippen LogP) is 1.84. The molecule has 0 aliphatic carbocycles. The van der Waals surface area contributed by atoms with Crippen LogP contribution in [0.3, 0.4) is 0 Å². The Morgan fingerprint density at radius 3 is 2.57 bits per heavy atom. The fourth-order valence-electron chi connectivity index (χ4n) is 1.79. The Morgan fingerprint density at radius 2 is 2.00 bits per heavy atom. The van der Waals surface area contributed by atoms with Crippen LogP contribution >= 0.6 is 22.7 Å². The summed E-state index contributed by atoms with van der Waals surface area (Å²) in [5.74, 6) is 0. The van der Waals surface area contributed by atoms with Crippen LogP contribution in [0.1, 0.15) is 29.4 Å². The quantitative estimate of drug-likeness (QED) is 0.864. The number of nitrogens with one attached hydrogen (secondary N) is 1. The molecule has 116 valence electrons. The number of H-pyrrole nitrogens is 1. The van der Waals surface area contributed by atoms with Crippen LogP contribution in [-0.2, 0) is 29.4 Å². The van der Waals surface area contributed by atoms with Gasteiger partial charge in [-0.15, -0.1) is 11.3 Å². The highest BCUT2D eigenvalue weighted by Crippen LogP contribution is 2.23. The summed E-state index contributed by atoms with van der Waals surface area (Å²) in [7, 11) is -2.16. The smallest absolute Gasteiger partial charge is 0.306 e. The first kappa shape index (κ1) is 16.3. The Balaban J connectivity index is 2.27. The lowest BCUT2D eigenvalue weighted by molar-refractivity contribution is 0.467. The van der Waals surface area contributed by atoms with Gasteiger partial charge in [0.15, 0.2) is 4.21 Å². The zero-order valence-electron chi connectivity index (χ0n) is 12.0. The summed E-state index contributed by atoms with van der Waals surface area (Å²) in [6.45, 7) is 4.05. The highest BCUT2D eigenvalue weighted by atomic mass is 32.2. The van der Waals surface area contributed by atoms with Crippen LogP contribution in [0, 0.1) is 0 Å². The minimum atomic E-state index is -3.67. The van der Waals surface area contributed by atoms with E-state index in [2.05, 4.69) is 9.97 Å². The molecular formula is C12H17N3O3S3. The van der Waals surface area contributed by atoms with Gasteiger partial charge in [-0.3, -0.25) is 4.79 Å². The van der Waals surface area contributed by atoms with Gasteiger partial charge in [0, 0.05) is 23.8 Å². The number of hydrogen-bond acceptors (Lipinski definition) is 6. The molecule has 6 nitrogen and oxygen atoms in total. The monoisotopic (exact) mass is 347 g/mol. The molecule has 2 aromatic rings. The first-order valence-electron chi connectivity index (χ1n) is 6.50. The molecular weight excluding hydrogens is 330 g/mol. The van der Waals surface area contributed by atoms with Crippen LogP contribution in [0.5, 0.6) is 0 Å². The van der Waals surface area contributed by atoms with Crippen molar-refractivity contribution in [2.45, 2.75) is 37.4 Å². The van der Waals surface area contributed by atoms with Crippen LogP contribution in [0.15, 0.2) is 15.2 Å². The Morgan fingerprint density at radius 1 is 1.29 bits per heavy atom. The summed E-state index contributed by atoms with van der Waals surface area (Å²) < 4.78 is 26.5. The standard InChI is InChI=1S/C12H17N3O3S3/c1-4-8-6-13-10(19-8)7-15(3)21(17,18)11-9(5-2)14-12(16)20-11/h6H,4-5,7H2,1-3H3,(H,14,16). The van der Waals surface area contributed by atoms with Gasteiger partial charge < -0.3 is 4.98 Å². The lowest BCUT2D eigenvalue weighted by Crippen LogP contribution is -2.26. The molecule has 1 N–H and O–H groups in total. The first-order chi connectivity index (χ1) is 9.88. The maximum atomic E-state index is 12.6. The average Bonchev–Trinajstić information content (AvgIpc) is 3.04. The molecule has 0 spiro atoms. The van der Waals surface area contributed by atoms with Gasteiger partial charge in [0.1, 0.15) is 5.01 Å². The summed E-state index contributed by atoms with van der Waals surface area (Å²) in [6.07, 6.45) is 3.12. The molecule has 2 aromatic heterocycles. The Kier molecular flexibility index (Phi) is 4.97. The molecule has 2 rings (SSSR count). The van der Waals surface area contributed by atoms with Gasteiger partial charge in [-0.25, -0.2) is 13.4 Å². The second-order valence-electron chi connectivity index (χ2n) is 4.47. The van der Waals surface area contributed by atoms with E-state index >= 15 is 0 Å². The van der Waals surface area contributed by atoms with Crippen molar-refractivity contribution in [3.63, 3.8) is 0 Å². The first-order valence-corrected chi connectivity index (χ1v) is 9.57. The number of aromatic nitrogens is 2. The van der Waals surface area contributed by atoms with Crippen LogP contribution < -0.4 is 4.87 Å². The predicted molar refractivity (Wildman–Crippen MR) is 84.5 cm³/mol. The molecule has 0 amide bonds. The fourth-order valence-corrected chi connectivity index (χ4v) is 5.56. The molecule has 2 heterocycles. The van der Waals surface area contributed by atoms with Crippen molar-refractivity contribution in [3.05, 3.63) is 31.4 Å². The van der Waals surface area contributed by atoms with E-state index in [1.54, 1.807) is 6.20 Å². The van der Waals surface area contributed by atoms with Crippen molar-refractivity contribution in [2.75, 3.05) is 7.05 Å². The summed E-state index contributed by atoms with van der Waals surface area (Å²) >= 11 is 2.24. The summed E-state index contributed by atoms with van der Waals surface area (Å²) in [5, 5.41) is 0.749. The van der Waals surface area contributed by atoms with Crippen LogP contribution in [0.25, 0.3) is 0 Å². The van der Waals surface area contributed by atoms with E-state index in [0.717, 1.165) is 27.6 Å². The largest absolute Gasteiger partial charge is 0.315 e. The van der Waals surface area contributed by atoms with Gasteiger partial charge in [0.25, 0.3) is 10.0 Å². The Bertz CT molecular complexity index is 773. The molecule has 9 heteroatoms. The van der Waals surface area contributed by atoms with Gasteiger partial charge in [0.2, 0.25) is 0 Å². The molecule has 0 radical (unpaired) electrons. The lowest BCUT2D eigenvalue weighted by Gasteiger charge is -2.15. The lowest BCUT2D eigenvalue weighted by atomic mass is 10.4. The second-order valence-corrected chi connectivity index (χ2v) is 8.89. The third-order valence-corrected chi connectivity index (χ3v) is 7.38. The molecule has 21 heavy (non-hydrogen) atoms. The number of hydrogen-bond donors (Lipinski definition) is 1.